The van der Waals surface area contributed by atoms with Gasteiger partial charge >= 0.3 is 11.4 Å². The highest BCUT2D eigenvalue weighted by Gasteiger charge is 2.37. The molecular weight excluding hydrogens is 230 g/mol. The summed E-state index contributed by atoms with van der Waals surface area (Å²) in [6.07, 6.45) is 0.956. The van der Waals surface area contributed by atoms with E-state index < -0.39 is 22.6 Å². The number of carbonyl (C=O) groups is 1. The molecule has 0 aliphatic heterocycles. The van der Waals surface area contributed by atoms with Crippen molar-refractivity contribution < 1.29 is 18.7 Å². The highest BCUT2D eigenvalue weighted by atomic mass is 35.5. The molecule has 0 aliphatic rings. The fraction of sp³-hybridized carbons (Fsp3) is 0.500. The summed E-state index contributed by atoms with van der Waals surface area (Å²) in [5.74, 6) is -1.46. The van der Waals surface area contributed by atoms with Gasteiger partial charge in [-0.25, -0.2) is 4.79 Å². The summed E-state index contributed by atoms with van der Waals surface area (Å²) in [6, 6.07) is 0. The van der Waals surface area contributed by atoms with E-state index in [2.05, 4.69) is 10.2 Å². The third-order valence-corrected chi connectivity index (χ3v) is 2.00. The lowest BCUT2D eigenvalue weighted by Gasteiger charge is -2.05. The van der Waals surface area contributed by atoms with Crippen molar-refractivity contribution in [3.8, 4) is 0 Å². The van der Waals surface area contributed by atoms with Crippen LogP contribution in [0.25, 0.3) is 0 Å². The Balaban J connectivity index is 3.24. The Morgan fingerprint density at radius 2 is 2.27 bits per heavy atom. The van der Waals surface area contributed by atoms with E-state index in [1.54, 1.807) is 6.92 Å². The molecule has 4 nitrogen and oxygen atoms in total. The van der Waals surface area contributed by atoms with Gasteiger partial charge in [0.15, 0.2) is 5.69 Å². The van der Waals surface area contributed by atoms with E-state index in [1.807, 2.05) is 0 Å². The van der Waals surface area contributed by atoms with Crippen LogP contribution < -0.4 is 0 Å². The van der Waals surface area contributed by atoms with Gasteiger partial charge in [-0.05, 0) is 18.0 Å². The molecule has 0 spiro atoms. The number of alkyl halides is 3. The van der Waals surface area contributed by atoms with Gasteiger partial charge in [-0.2, -0.15) is 13.9 Å². The highest BCUT2D eigenvalue weighted by Crippen LogP contribution is 2.34. The molecule has 0 saturated heterocycles. The minimum Gasteiger partial charge on any atom is -0.478 e. The standard InChI is InChI=1S/C8H9ClF2N2O2/c1-2-3-4-5(7(14)15)6(13-12-4)8(9,10)11/h2-3H2,1H3,(H,12,13)(H,14,15). The minimum absolute atomic E-state index is 0.167. The van der Waals surface area contributed by atoms with E-state index in [0.717, 1.165) is 0 Å². The molecule has 0 amide bonds. The molecule has 1 aromatic rings. The summed E-state index contributed by atoms with van der Waals surface area (Å²) >= 11 is 4.74. The third-order valence-electron chi connectivity index (χ3n) is 1.82. The van der Waals surface area contributed by atoms with Crippen LogP contribution in [0.4, 0.5) is 8.78 Å². The first-order chi connectivity index (χ1) is 6.88. The summed E-state index contributed by atoms with van der Waals surface area (Å²) in [4.78, 5) is 10.8. The van der Waals surface area contributed by atoms with Gasteiger partial charge in [-0.3, -0.25) is 5.10 Å². The number of hydrogen-bond donors (Lipinski definition) is 2. The van der Waals surface area contributed by atoms with Crippen molar-refractivity contribution in [2.75, 3.05) is 0 Å². The van der Waals surface area contributed by atoms with E-state index in [9.17, 15) is 13.6 Å². The molecule has 0 radical (unpaired) electrons. The number of aromatic amines is 1. The maximum atomic E-state index is 12.7. The number of H-pyrrole nitrogens is 1. The van der Waals surface area contributed by atoms with Crippen LogP contribution in [-0.4, -0.2) is 21.3 Å². The van der Waals surface area contributed by atoms with Crippen LogP contribution >= 0.6 is 11.6 Å². The second kappa shape index (κ2) is 4.14. The van der Waals surface area contributed by atoms with E-state index in [1.165, 1.54) is 0 Å². The second-order valence-electron chi connectivity index (χ2n) is 2.98. The molecule has 0 fully saturated rings. The molecule has 0 bridgehead atoms. The quantitative estimate of drug-likeness (QED) is 0.792. The summed E-state index contributed by atoms with van der Waals surface area (Å²) in [6.45, 7) is 1.80. The fourth-order valence-electron chi connectivity index (χ4n) is 1.24. The average Bonchev–Trinajstić information content (AvgIpc) is 2.47. The van der Waals surface area contributed by atoms with Gasteiger partial charge < -0.3 is 5.11 Å². The fourth-order valence-corrected chi connectivity index (χ4v) is 1.38. The number of carboxylic acid groups (broad SMARTS) is 1. The van der Waals surface area contributed by atoms with Crippen LogP contribution in [0.5, 0.6) is 0 Å². The van der Waals surface area contributed by atoms with E-state index in [4.69, 9.17) is 16.7 Å². The molecule has 84 valence electrons. The minimum atomic E-state index is -3.77. The third kappa shape index (κ3) is 2.44. The predicted molar refractivity (Wildman–Crippen MR) is 49.3 cm³/mol. The first kappa shape index (κ1) is 11.9. The number of nitrogens with one attached hydrogen (secondary N) is 1. The molecule has 15 heavy (non-hydrogen) atoms. The second-order valence-corrected chi connectivity index (χ2v) is 3.45. The van der Waals surface area contributed by atoms with Crippen LogP contribution in [0, 0.1) is 0 Å². The Bertz CT molecular complexity index is 373. The molecular formula is C8H9ClF2N2O2. The Labute approximate surface area is 89.2 Å². The predicted octanol–water partition coefficient (Wildman–Crippen LogP) is 2.35. The molecule has 1 aromatic heterocycles. The molecule has 1 heterocycles. The largest absolute Gasteiger partial charge is 0.478 e. The average molecular weight is 239 g/mol. The van der Waals surface area contributed by atoms with Gasteiger partial charge in [-0.1, -0.05) is 13.3 Å². The van der Waals surface area contributed by atoms with Gasteiger partial charge in [0.2, 0.25) is 0 Å². The lowest BCUT2D eigenvalue weighted by Crippen LogP contribution is -2.12. The van der Waals surface area contributed by atoms with Crippen LogP contribution in [0.1, 0.15) is 35.1 Å². The Hall–Kier alpha value is -1.17. The summed E-state index contributed by atoms with van der Waals surface area (Å²) < 4.78 is 25.5. The van der Waals surface area contributed by atoms with Gasteiger partial charge in [-0.15, -0.1) is 0 Å². The van der Waals surface area contributed by atoms with Crippen molar-refractivity contribution in [3.63, 3.8) is 0 Å². The first-order valence-corrected chi connectivity index (χ1v) is 4.63. The smallest absolute Gasteiger partial charge is 0.367 e. The Morgan fingerprint density at radius 1 is 1.67 bits per heavy atom. The van der Waals surface area contributed by atoms with Crippen molar-refractivity contribution in [2.45, 2.75) is 25.1 Å². The number of hydrogen-bond acceptors (Lipinski definition) is 2. The van der Waals surface area contributed by atoms with Gasteiger partial charge in [0.1, 0.15) is 5.56 Å². The molecule has 7 heteroatoms. The van der Waals surface area contributed by atoms with Crippen LogP contribution in [-0.2, 0) is 11.8 Å². The van der Waals surface area contributed by atoms with Gasteiger partial charge in [0, 0.05) is 0 Å². The number of aromatic carboxylic acids is 1. The van der Waals surface area contributed by atoms with Crippen molar-refractivity contribution >= 4 is 17.6 Å². The lowest BCUT2D eigenvalue weighted by atomic mass is 10.1. The van der Waals surface area contributed by atoms with Crippen molar-refractivity contribution in [1.29, 1.82) is 0 Å². The molecule has 0 aromatic carbocycles. The van der Waals surface area contributed by atoms with Crippen molar-refractivity contribution in [1.82, 2.24) is 10.2 Å². The van der Waals surface area contributed by atoms with Crippen LogP contribution in [0.15, 0.2) is 0 Å². The SMILES string of the molecule is CCCc1[nH]nc(C(F)(F)Cl)c1C(=O)O. The number of halogens is 3. The van der Waals surface area contributed by atoms with Crippen molar-refractivity contribution in [2.24, 2.45) is 0 Å². The summed E-state index contributed by atoms with van der Waals surface area (Å²) in [7, 11) is 0. The van der Waals surface area contributed by atoms with Gasteiger partial charge in [0.05, 0.1) is 5.69 Å². The molecule has 0 aliphatic carbocycles. The highest BCUT2D eigenvalue weighted by molar-refractivity contribution is 6.22. The number of rotatable bonds is 4. The van der Waals surface area contributed by atoms with E-state index >= 15 is 0 Å². The zero-order chi connectivity index (χ0) is 11.6. The van der Waals surface area contributed by atoms with E-state index in [-0.39, 0.29) is 5.69 Å². The monoisotopic (exact) mass is 238 g/mol. The topological polar surface area (TPSA) is 66.0 Å². The Kier molecular flexibility index (Phi) is 3.28. The number of aromatic nitrogens is 2. The van der Waals surface area contributed by atoms with Crippen LogP contribution in [0.3, 0.4) is 0 Å². The lowest BCUT2D eigenvalue weighted by molar-refractivity contribution is 0.0652. The van der Waals surface area contributed by atoms with Crippen molar-refractivity contribution in [3.05, 3.63) is 17.0 Å². The molecule has 0 atom stereocenters. The first-order valence-electron chi connectivity index (χ1n) is 4.25. The number of nitrogens with zero attached hydrogens (tertiary/aromatic N) is 1. The molecule has 0 unspecified atom stereocenters. The number of carboxylic acids is 1. The normalized spacial score (nSPS) is 11.7. The zero-order valence-electron chi connectivity index (χ0n) is 7.85. The van der Waals surface area contributed by atoms with E-state index in [0.29, 0.717) is 12.8 Å². The van der Waals surface area contributed by atoms with Crippen LogP contribution in [0.2, 0.25) is 0 Å². The Morgan fingerprint density at radius 3 is 2.67 bits per heavy atom. The zero-order valence-corrected chi connectivity index (χ0v) is 8.61. The number of aryl methyl sites for hydroxylation is 1. The maximum absolute atomic E-state index is 12.7. The van der Waals surface area contributed by atoms with Gasteiger partial charge in [0.25, 0.3) is 0 Å². The molecule has 1 rings (SSSR count). The molecule has 0 saturated carbocycles. The summed E-state index contributed by atoms with van der Waals surface area (Å²) in [5, 5.41) is 10.5. The molecule has 2 N–H and O–H groups in total. The maximum Gasteiger partial charge on any atom is 0.367 e. The summed E-state index contributed by atoms with van der Waals surface area (Å²) in [5.41, 5.74) is -1.29.